The fraction of sp³-hybridized carbons (Fsp3) is 0.500. The van der Waals surface area contributed by atoms with Crippen LogP contribution in [0.15, 0.2) is 23.7 Å². The SMILES string of the molecule is Cn1nnnc1SCC(=O)N1CC(n2cc(Cn3nccn3)nn2)C1. The van der Waals surface area contributed by atoms with Crippen LogP contribution in [0, 0.1) is 0 Å². The quantitative estimate of drug-likeness (QED) is 0.488. The van der Waals surface area contributed by atoms with Gasteiger partial charge >= 0.3 is 0 Å². The highest BCUT2D eigenvalue weighted by Crippen LogP contribution is 2.22. The van der Waals surface area contributed by atoms with Gasteiger partial charge in [-0.3, -0.25) is 4.79 Å². The van der Waals surface area contributed by atoms with Crippen LogP contribution in [0.25, 0.3) is 0 Å². The highest BCUT2D eigenvalue weighted by molar-refractivity contribution is 7.99. The van der Waals surface area contributed by atoms with Gasteiger partial charge in [-0.05, 0) is 10.4 Å². The van der Waals surface area contributed by atoms with Crippen molar-refractivity contribution in [2.75, 3.05) is 18.8 Å². The topological polar surface area (TPSA) is 125 Å². The second kappa shape index (κ2) is 6.58. The Morgan fingerprint density at radius 3 is 2.76 bits per heavy atom. The Kier molecular flexibility index (Phi) is 4.13. The molecule has 0 N–H and O–H groups in total. The number of carbonyl (C=O) groups is 1. The summed E-state index contributed by atoms with van der Waals surface area (Å²) in [5.41, 5.74) is 0.784. The average Bonchev–Trinajstić information content (AvgIpc) is 3.28. The molecular weight excluding hydrogens is 346 g/mol. The molecule has 1 fully saturated rings. The molecule has 0 aromatic carbocycles. The van der Waals surface area contributed by atoms with Gasteiger partial charge in [0.1, 0.15) is 12.2 Å². The van der Waals surface area contributed by atoms with Crippen LogP contribution < -0.4 is 0 Å². The van der Waals surface area contributed by atoms with Gasteiger partial charge in [-0.2, -0.15) is 15.0 Å². The van der Waals surface area contributed by atoms with Crippen molar-refractivity contribution in [3.05, 3.63) is 24.3 Å². The third kappa shape index (κ3) is 3.35. The summed E-state index contributed by atoms with van der Waals surface area (Å²) in [5, 5.41) is 28.1. The molecule has 0 bridgehead atoms. The molecule has 13 heteroatoms. The lowest BCUT2D eigenvalue weighted by Gasteiger charge is -2.38. The first kappa shape index (κ1) is 15.7. The lowest BCUT2D eigenvalue weighted by Crippen LogP contribution is -2.51. The molecule has 25 heavy (non-hydrogen) atoms. The first-order chi connectivity index (χ1) is 12.2. The molecule has 0 atom stereocenters. The van der Waals surface area contributed by atoms with Crippen LogP contribution in [0.3, 0.4) is 0 Å². The van der Waals surface area contributed by atoms with Crippen LogP contribution in [0.4, 0.5) is 0 Å². The molecule has 1 aliphatic heterocycles. The van der Waals surface area contributed by atoms with Crippen LogP contribution in [0.1, 0.15) is 11.7 Å². The van der Waals surface area contributed by atoms with E-state index in [1.54, 1.807) is 38.5 Å². The lowest BCUT2D eigenvalue weighted by molar-refractivity contribution is -0.134. The third-order valence-electron chi connectivity index (χ3n) is 3.82. The Morgan fingerprint density at radius 1 is 1.24 bits per heavy atom. The summed E-state index contributed by atoms with van der Waals surface area (Å²) >= 11 is 1.33. The normalized spacial score (nSPS) is 14.7. The maximum atomic E-state index is 12.2. The van der Waals surface area contributed by atoms with Crippen LogP contribution in [-0.4, -0.2) is 79.8 Å². The van der Waals surface area contributed by atoms with Gasteiger partial charge in [0.2, 0.25) is 11.1 Å². The van der Waals surface area contributed by atoms with E-state index in [1.807, 2.05) is 6.20 Å². The van der Waals surface area contributed by atoms with Crippen molar-refractivity contribution >= 4 is 17.7 Å². The highest BCUT2D eigenvalue weighted by Gasteiger charge is 2.32. The van der Waals surface area contributed by atoms with Gasteiger partial charge < -0.3 is 4.90 Å². The molecule has 0 saturated carbocycles. The van der Waals surface area contributed by atoms with E-state index in [0.717, 1.165) is 5.69 Å². The van der Waals surface area contributed by atoms with Crippen molar-refractivity contribution in [1.82, 2.24) is 55.1 Å². The summed E-state index contributed by atoms with van der Waals surface area (Å²) in [4.78, 5) is 15.5. The molecule has 4 rings (SSSR count). The lowest BCUT2D eigenvalue weighted by atomic mass is 10.1. The van der Waals surface area contributed by atoms with Gasteiger partial charge in [-0.1, -0.05) is 17.0 Å². The van der Waals surface area contributed by atoms with Gasteiger partial charge in [0.15, 0.2) is 0 Å². The van der Waals surface area contributed by atoms with E-state index in [2.05, 4.69) is 36.0 Å². The predicted octanol–water partition coefficient (Wildman–Crippen LogP) is -1.38. The van der Waals surface area contributed by atoms with E-state index in [4.69, 9.17) is 0 Å². The van der Waals surface area contributed by atoms with Gasteiger partial charge in [0.05, 0.1) is 30.4 Å². The number of tetrazole rings is 1. The summed E-state index contributed by atoms with van der Waals surface area (Å²) < 4.78 is 3.34. The highest BCUT2D eigenvalue weighted by atomic mass is 32.2. The van der Waals surface area contributed by atoms with E-state index in [1.165, 1.54) is 11.8 Å². The smallest absolute Gasteiger partial charge is 0.233 e. The number of hydrogen-bond donors (Lipinski definition) is 0. The Hall–Kier alpha value is -2.83. The van der Waals surface area contributed by atoms with E-state index in [0.29, 0.717) is 30.5 Å². The largest absolute Gasteiger partial charge is 0.338 e. The molecule has 0 unspecified atom stereocenters. The van der Waals surface area contributed by atoms with Crippen molar-refractivity contribution in [2.24, 2.45) is 7.05 Å². The van der Waals surface area contributed by atoms with Crippen molar-refractivity contribution in [3.63, 3.8) is 0 Å². The number of hydrogen-bond acceptors (Lipinski definition) is 9. The zero-order valence-electron chi connectivity index (χ0n) is 13.4. The van der Waals surface area contributed by atoms with Crippen LogP contribution >= 0.6 is 11.8 Å². The molecular formula is C12H15N11OS. The Labute approximate surface area is 146 Å². The standard InChI is InChI=1S/C12H15N11OS/c1-20-12(16-17-19-20)25-8-11(24)21-6-10(7-21)22-4-9(15-18-22)5-23-13-2-3-14-23/h2-4,10H,5-8H2,1H3. The number of nitrogens with zero attached hydrogens (tertiary/aromatic N) is 11. The van der Waals surface area contributed by atoms with E-state index in [9.17, 15) is 4.79 Å². The van der Waals surface area contributed by atoms with Crippen molar-refractivity contribution in [1.29, 1.82) is 0 Å². The molecule has 1 aliphatic rings. The van der Waals surface area contributed by atoms with Crippen molar-refractivity contribution in [2.45, 2.75) is 17.7 Å². The number of rotatable bonds is 6. The molecule has 12 nitrogen and oxygen atoms in total. The summed E-state index contributed by atoms with van der Waals surface area (Å²) in [6.07, 6.45) is 5.11. The zero-order chi connectivity index (χ0) is 17.2. The second-order valence-corrected chi connectivity index (χ2v) is 6.52. The third-order valence-corrected chi connectivity index (χ3v) is 4.82. The number of amides is 1. The number of aryl methyl sites for hydroxylation is 1. The molecule has 0 radical (unpaired) electrons. The maximum Gasteiger partial charge on any atom is 0.233 e. The van der Waals surface area contributed by atoms with E-state index in [-0.39, 0.29) is 11.9 Å². The molecule has 0 aliphatic carbocycles. The minimum Gasteiger partial charge on any atom is -0.338 e. The van der Waals surface area contributed by atoms with E-state index < -0.39 is 0 Å². The van der Waals surface area contributed by atoms with Gasteiger partial charge in [0.25, 0.3) is 0 Å². The monoisotopic (exact) mass is 361 g/mol. The minimum atomic E-state index is 0.0605. The Bertz CT molecular complexity index is 850. The van der Waals surface area contributed by atoms with Crippen molar-refractivity contribution < 1.29 is 4.79 Å². The molecule has 1 amide bonds. The van der Waals surface area contributed by atoms with E-state index >= 15 is 0 Å². The molecule has 4 heterocycles. The minimum absolute atomic E-state index is 0.0605. The van der Waals surface area contributed by atoms with Crippen molar-refractivity contribution in [3.8, 4) is 0 Å². The number of aromatic nitrogens is 10. The number of thioether (sulfide) groups is 1. The van der Waals surface area contributed by atoms with Gasteiger partial charge in [0, 0.05) is 20.1 Å². The molecule has 1 saturated heterocycles. The van der Waals surface area contributed by atoms with Crippen LogP contribution in [0.2, 0.25) is 0 Å². The average molecular weight is 361 g/mol. The summed E-state index contributed by atoms with van der Waals surface area (Å²) in [6, 6.07) is 0.150. The number of likely N-dealkylation sites (tertiary alicyclic amines) is 1. The zero-order valence-corrected chi connectivity index (χ0v) is 14.2. The fourth-order valence-corrected chi connectivity index (χ4v) is 3.17. The van der Waals surface area contributed by atoms with Gasteiger partial charge in [-0.15, -0.1) is 10.2 Å². The van der Waals surface area contributed by atoms with Gasteiger partial charge in [-0.25, -0.2) is 9.36 Å². The Balaban J connectivity index is 1.26. The first-order valence-corrected chi connectivity index (χ1v) is 8.55. The van der Waals surface area contributed by atoms with Crippen LogP contribution in [0.5, 0.6) is 0 Å². The second-order valence-electron chi connectivity index (χ2n) is 5.58. The maximum absolute atomic E-state index is 12.2. The molecule has 3 aromatic heterocycles. The van der Waals surface area contributed by atoms with Crippen LogP contribution in [-0.2, 0) is 18.4 Å². The molecule has 0 spiro atoms. The Morgan fingerprint density at radius 2 is 2.04 bits per heavy atom. The summed E-state index contributed by atoms with van der Waals surface area (Å²) in [5.74, 6) is 0.374. The first-order valence-electron chi connectivity index (χ1n) is 7.57. The number of carbonyl (C=O) groups excluding carboxylic acids is 1. The molecule has 130 valence electrons. The fourth-order valence-electron chi connectivity index (χ4n) is 2.42. The predicted molar refractivity (Wildman–Crippen MR) is 84.3 cm³/mol. The summed E-state index contributed by atoms with van der Waals surface area (Å²) in [6.45, 7) is 1.73. The summed E-state index contributed by atoms with van der Waals surface area (Å²) in [7, 11) is 1.74. The molecule has 3 aromatic rings.